The highest BCUT2D eigenvalue weighted by Crippen LogP contribution is 2.30. The first-order valence-corrected chi connectivity index (χ1v) is 7.51. The summed E-state index contributed by atoms with van der Waals surface area (Å²) in [5, 5.41) is 3.60. The standard InChI is InChI=1S/C15H22ClN3O3/c1-19(12-4-5-18-8-14(12)22-3)15(20)9-6-10(16)11(17)7-13(9)21-2/h6-7,12,14,18H,4-5,8,17H2,1-3H3/t12-,14+/m1/s1. The second-order valence-corrected chi connectivity index (χ2v) is 5.73. The van der Waals surface area contributed by atoms with Gasteiger partial charge in [-0.3, -0.25) is 4.79 Å². The molecule has 1 aliphatic heterocycles. The number of carbonyl (C=O) groups is 1. The molecule has 22 heavy (non-hydrogen) atoms. The largest absolute Gasteiger partial charge is 0.496 e. The van der Waals surface area contributed by atoms with E-state index >= 15 is 0 Å². The summed E-state index contributed by atoms with van der Waals surface area (Å²) in [6.45, 7) is 1.57. The van der Waals surface area contributed by atoms with Gasteiger partial charge in [0.2, 0.25) is 0 Å². The number of nitrogens with two attached hydrogens (primary N) is 1. The van der Waals surface area contributed by atoms with E-state index in [0.29, 0.717) is 22.0 Å². The fourth-order valence-electron chi connectivity index (χ4n) is 2.75. The summed E-state index contributed by atoms with van der Waals surface area (Å²) >= 11 is 6.05. The lowest BCUT2D eigenvalue weighted by Gasteiger charge is -2.37. The number of hydrogen-bond donors (Lipinski definition) is 2. The number of ether oxygens (including phenoxy) is 2. The molecule has 122 valence electrons. The molecule has 1 aliphatic rings. The Hall–Kier alpha value is -1.50. The van der Waals surface area contributed by atoms with Crippen molar-refractivity contribution in [1.82, 2.24) is 10.2 Å². The first kappa shape index (κ1) is 16.9. The molecule has 0 radical (unpaired) electrons. The molecule has 1 aromatic carbocycles. The van der Waals surface area contributed by atoms with Crippen molar-refractivity contribution >= 4 is 23.2 Å². The lowest BCUT2D eigenvalue weighted by atomic mass is 10.0. The Morgan fingerprint density at radius 1 is 1.45 bits per heavy atom. The topological polar surface area (TPSA) is 76.8 Å². The number of anilines is 1. The number of likely N-dealkylation sites (N-methyl/N-ethyl adjacent to an activating group) is 1. The maximum atomic E-state index is 12.8. The lowest BCUT2D eigenvalue weighted by Crippen LogP contribution is -2.54. The minimum atomic E-state index is -0.160. The SMILES string of the molecule is COc1cc(N)c(Cl)cc1C(=O)N(C)[C@@H]1CCNC[C@@H]1OC. The van der Waals surface area contributed by atoms with E-state index < -0.39 is 0 Å². The number of halogens is 1. The number of benzene rings is 1. The number of nitrogens with one attached hydrogen (secondary N) is 1. The number of nitrogens with zero attached hydrogens (tertiary/aromatic N) is 1. The molecule has 6 nitrogen and oxygen atoms in total. The summed E-state index contributed by atoms with van der Waals surface area (Å²) < 4.78 is 10.7. The summed E-state index contributed by atoms with van der Waals surface area (Å²) in [4.78, 5) is 14.5. The van der Waals surface area contributed by atoms with Crippen molar-refractivity contribution in [3.05, 3.63) is 22.7 Å². The third kappa shape index (κ3) is 3.29. The van der Waals surface area contributed by atoms with Crippen LogP contribution >= 0.6 is 11.6 Å². The van der Waals surface area contributed by atoms with E-state index in [1.165, 1.54) is 7.11 Å². The molecule has 1 amide bonds. The molecule has 1 aromatic rings. The van der Waals surface area contributed by atoms with Gasteiger partial charge < -0.3 is 25.4 Å². The number of nitrogen functional groups attached to an aromatic ring is 1. The van der Waals surface area contributed by atoms with Crippen LogP contribution in [-0.2, 0) is 4.74 Å². The Morgan fingerprint density at radius 3 is 2.82 bits per heavy atom. The van der Waals surface area contributed by atoms with Crippen LogP contribution in [0.25, 0.3) is 0 Å². The van der Waals surface area contributed by atoms with Crippen molar-refractivity contribution in [2.24, 2.45) is 0 Å². The highest BCUT2D eigenvalue weighted by molar-refractivity contribution is 6.33. The molecule has 0 unspecified atom stereocenters. The Bertz CT molecular complexity index is 553. The van der Waals surface area contributed by atoms with Gasteiger partial charge in [0, 0.05) is 26.8 Å². The molecule has 0 spiro atoms. The molecular formula is C15H22ClN3O3. The van der Waals surface area contributed by atoms with Gasteiger partial charge in [-0.05, 0) is 19.0 Å². The van der Waals surface area contributed by atoms with E-state index in [0.717, 1.165) is 19.5 Å². The molecule has 3 N–H and O–H groups in total. The van der Waals surface area contributed by atoms with Crippen molar-refractivity contribution in [2.75, 3.05) is 40.1 Å². The summed E-state index contributed by atoms with van der Waals surface area (Å²) in [7, 11) is 4.93. The molecule has 2 rings (SSSR count). The highest BCUT2D eigenvalue weighted by Gasteiger charge is 2.32. The quantitative estimate of drug-likeness (QED) is 0.817. The van der Waals surface area contributed by atoms with Gasteiger partial charge in [0.1, 0.15) is 5.75 Å². The molecule has 2 atom stereocenters. The van der Waals surface area contributed by atoms with Gasteiger partial charge >= 0.3 is 0 Å². The van der Waals surface area contributed by atoms with Crippen molar-refractivity contribution in [1.29, 1.82) is 0 Å². The van der Waals surface area contributed by atoms with Crippen molar-refractivity contribution in [3.63, 3.8) is 0 Å². The van der Waals surface area contributed by atoms with Gasteiger partial charge in [0.05, 0.1) is 35.5 Å². The van der Waals surface area contributed by atoms with Crippen molar-refractivity contribution in [2.45, 2.75) is 18.6 Å². The Balaban J connectivity index is 2.28. The molecule has 1 saturated heterocycles. The van der Waals surface area contributed by atoms with E-state index in [4.69, 9.17) is 26.8 Å². The molecule has 7 heteroatoms. The van der Waals surface area contributed by atoms with E-state index in [1.54, 1.807) is 31.2 Å². The molecule has 0 aromatic heterocycles. The van der Waals surface area contributed by atoms with Crippen molar-refractivity contribution < 1.29 is 14.3 Å². The number of piperidine rings is 1. The summed E-state index contributed by atoms with van der Waals surface area (Å²) in [6, 6.07) is 3.12. The van der Waals surface area contributed by atoms with Gasteiger partial charge in [0.25, 0.3) is 5.91 Å². The third-order valence-electron chi connectivity index (χ3n) is 4.06. The molecule has 1 heterocycles. The maximum absolute atomic E-state index is 12.8. The van der Waals surface area contributed by atoms with Crippen LogP contribution in [-0.4, -0.2) is 57.3 Å². The van der Waals surface area contributed by atoms with E-state index in [2.05, 4.69) is 5.32 Å². The predicted molar refractivity (Wildman–Crippen MR) is 86.6 cm³/mol. The normalized spacial score (nSPS) is 21.5. The Morgan fingerprint density at radius 2 is 2.18 bits per heavy atom. The number of amides is 1. The Kier molecular flexibility index (Phi) is 5.50. The van der Waals surface area contributed by atoms with Crippen LogP contribution in [0.5, 0.6) is 5.75 Å². The number of rotatable bonds is 4. The van der Waals surface area contributed by atoms with Crippen LogP contribution in [0.4, 0.5) is 5.69 Å². The zero-order chi connectivity index (χ0) is 16.3. The van der Waals surface area contributed by atoms with Gasteiger partial charge in [-0.15, -0.1) is 0 Å². The van der Waals surface area contributed by atoms with Crippen LogP contribution in [0.3, 0.4) is 0 Å². The van der Waals surface area contributed by atoms with Gasteiger partial charge in [0.15, 0.2) is 0 Å². The average molecular weight is 328 g/mol. The minimum Gasteiger partial charge on any atom is -0.496 e. The lowest BCUT2D eigenvalue weighted by molar-refractivity contribution is 0.00836. The summed E-state index contributed by atoms with van der Waals surface area (Å²) in [5.74, 6) is 0.259. The van der Waals surface area contributed by atoms with Crippen LogP contribution < -0.4 is 15.8 Å². The zero-order valence-electron chi connectivity index (χ0n) is 13.1. The first-order chi connectivity index (χ1) is 10.5. The minimum absolute atomic E-state index is 0.000199. The van der Waals surface area contributed by atoms with Crippen molar-refractivity contribution in [3.8, 4) is 5.75 Å². The molecule has 0 saturated carbocycles. The van der Waals surface area contributed by atoms with Gasteiger partial charge in [-0.2, -0.15) is 0 Å². The summed E-state index contributed by atoms with van der Waals surface area (Å²) in [5.41, 5.74) is 6.55. The molecule has 0 aliphatic carbocycles. The van der Waals surface area contributed by atoms with Crippen LogP contribution in [0, 0.1) is 0 Å². The maximum Gasteiger partial charge on any atom is 0.257 e. The fraction of sp³-hybridized carbons (Fsp3) is 0.533. The average Bonchev–Trinajstić information content (AvgIpc) is 2.55. The second kappa shape index (κ2) is 7.17. The molecule has 0 bridgehead atoms. The van der Waals surface area contributed by atoms with Crippen LogP contribution in [0.2, 0.25) is 5.02 Å². The highest BCUT2D eigenvalue weighted by atomic mass is 35.5. The number of methoxy groups -OCH3 is 2. The van der Waals surface area contributed by atoms with Gasteiger partial charge in [-0.1, -0.05) is 11.6 Å². The van der Waals surface area contributed by atoms with Crippen LogP contribution in [0.1, 0.15) is 16.8 Å². The smallest absolute Gasteiger partial charge is 0.257 e. The summed E-state index contributed by atoms with van der Waals surface area (Å²) in [6.07, 6.45) is 0.782. The second-order valence-electron chi connectivity index (χ2n) is 5.32. The molecule has 1 fully saturated rings. The van der Waals surface area contributed by atoms with E-state index in [1.807, 2.05) is 0 Å². The number of hydrogen-bond acceptors (Lipinski definition) is 5. The molecular weight excluding hydrogens is 306 g/mol. The predicted octanol–water partition coefficient (Wildman–Crippen LogP) is 1.38. The van der Waals surface area contributed by atoms with E-state index in [-0.39, 0.29) is 18.1 Å². The zero-order valence-corrected chi connectivity index (χ0v) is 13.8. The third-order valence-corrected chi connectivity index (χ3v) is 4.39. The fourth-order valence-corrected chi connectivity index (χ4v) is 2.91. The Labute approximate surface area is 135 Å². The first-order valence-electron chi connectivity index (χ1n) is 7.13. The van der Waals surface area contributed by atoms with Crippen LogP contribution in [0.15, 0.2) is 12.1 Å². The monoisotopic (exact) mass is 327 g/mol. The van der Waals surface area contributed by atoms with E-state index in [9.17, 15) is 4.79 Å². The van der Waals surface area contributed by atoms with Gasteiger partial charge in [-0.25, -0.2) is 0 Å². The number of carbonyl (C=O) groups excluding carboxylic acids is 1.